The number of methoxy groups -OCH3 is 1. The molecule has 1 rings (SSSR count). The van der Waals surface area contributed by atoms with Gasteiger partial charge < -0.3 is 9.47 Å². The average molecular weight is 263 g/mol. The van der Waals surface area contributed by atoms with Crippen molar-refractivity contribution in [3.63, 3.8) is 0 Å². The lowest BCUT2D eigenvalue weighted by molar-refractivity contribution is -0.156. The Labute approximate surface area is 102 Å². The zero-order valence-electron chi connectivity index (χ0n) is 10.0. The number of hydrogen-bond acceptors (Lipinski definition) is 4. The molecule has 4 nitrogen and oxygen atoms in total. The van der Waals surface area contributed by atoms with Crippen molar-refractivity contribution >= 4 is 5.97 Å². The lowest BCUT2D eigenvalue weighted by atomic mass is 10.1. The summed E-state index contributed by atoms with van der Waals surface area (Å²) in [7, 11) is 1.16. The van der Waals surface area contributed by atoms with Gasteiger partial charge in [0.2, 0.25) is 11.5 Å². The van der Waals surface area contributed by atoms with Crippen LogP contribution in [0.3, 0.4) is 0 Å². The fraction of sp³-hybridized carbons (Fsp3) is 0.455. The fourth-order valence-electron chi connectivity index (χ4n) is 1.19. The molecule has 0 unspecified atom stereocenters. The molecule has 0 radical (unpaired) electrons. The highest BCUT2D eigenvalue weighted by atomic mass is 19.4. The summed E-state index contributed by atoms with van der Waals surface area (Å²) in [5, 5.41) is 0. The van der Waals surface area contributed by atoms with Crippen LogP contribution in [0.4, 0.5) is 13.2 Å². The van der Waals surface area contributed by atoms with Crippen LogP contribution in [0.1, 0.15) is 19.4 Å². The van der Waals surface area contributed by atoms with Gasteiger partial charge >= 0.3 is 12.1 Å². The van der Waals surface area contributed by atoms with Crippen molar-refractivity contribution in [2.24, 2.45) is 0 Å². The van der Waals surface area contributed by atoms with E-state index < -0.39 is 23.3 Å². The van der Waals surface area contributed by atoms with Gasteiger partial charge in [-0.1, -0.05) is 0 Å². The molecule has 0 atom stereocenters. The van der Waals surface area contributed by atoms with E-state index in [9.17, 15) is 18.0 Å². The molecule has 0 spiro atoms. The first-order valence-electron chi connectivity index (χ1n) is 4.97. The third-order valence-electron chi connectivity index (χ3n) is 2.10. The molecule has 0 aliphatic carbocycles. The number of halogens is 3. The van der Waals surface area contributed by atoms with Crippen molar-refractivity contribution in [3.8, 4) is 5.88 Å². The lowest BCUT2D eigenvalue weighted by Gasteiger charge is -2.22. The van der Waals surface area contributed by atoms with Crippen LogP contribution in [0.2, 0.25) is 0 Å². The maximum absolute atomic E-state index is 12.5. The van der Waals surface area contributed by atoms with Crippen LogP contribution in [0.25, 0.3) is 0 Å². The molecule has 1 aromatic rings. The van der Waals surface area contributed by atoms with E-state index in [2.05, 4.69) is 9.72 Å². The zero-order valence-corrected chi connectivity index (χ0v) is 10.0. The molecular formula is C11H12F3NO3. The lowest BCUT2D eigenvalue weighted by Crippen LogP contribution is -2.39. The first-order valence-corrected chi connectivity index (χ1v) is 4.97. The largest absolute Gasteiger partial charge is 0.466 e. The average Bonchev–Trinajstić information content (AvgIpc) is 2.26. The third kappa shape index (κ3) is 3.35. The van der Waals surface area contributed by atoms with Gasteiger partial charge in [-0.3, -0.25) is 0 Å². The van der Waals surface area contributed by atoms with Crippen LogP contribution in [0, 0.1) is 0 Å². The van der Waals surface area contributed by atoms with Crippen LogP contribution >= 0.6 is 0 Å². The quantitative estimate of drug-likeness (QED) is 0.786. The van der Waals surface area contributed by atoms with Gasteiger partial charge in [0, 0.05) is 12.3 Å². The second-order valence-electron chi connectivity index (χ2n) is 3.98. The van der Waals surface area contributed by atoms with E-state index in [1.165, 1.54) is 13.8 Å². The Balaban J connectivity index is 2.96. The van der Waals surface area contributed by atoms with Gasteiger partial charge in [-0.15, -0.1) is 0 Å². The van der Waals surface area contributed by atoms with Gasteiger partial charge in [0.1, 0.15) is 0 Å². The Morgan fingerprint density at radius 3 is 2.44 bits per heavy atom. The van der Waals surface area contributed by atoms with Crippen LogP contribution in [-0.2, 0) is 15.7 Å². The number of rotatable bonds is 3. The van der Waals surface area contributed by atoms with Crippen molar-refractivity contribution in [1.29, 1.82) is 0 Å². The number of pyridine rings is 1. The smallest absolute Gasteiger partial charge is 0.416 e. The van der Waals surface area contributed by atoms with Gasteiger partial charge in [0.05, 0.1) is 12.7 Å². The molecular weight excluding hydrogens is 251 g/mol. The molecule has 0 bridgehead atoms. The van der Waals surface area contributed by atoms with Crippen molar-refractivity contribution < 1.29 is 27.4 Å². The summed E-state index contributed by atoms with van der Waals surface area (Å²) in [6.07, 6.45) is -3.53. The van der Waals surface area contributed by atoms with E-state index in [4.69, 9.17) is 4.74 Å². The molecule has 0 saturated carbocycles. The zero-order chi connectivity index (χ0) is 14.0. The van der Waals surface area contributed by atoms with E-state index in [1.807, 2.05) is 0 Å². The van der Waals surface area contributed by atoms with Crippen molar-refractivity contribution in [2.75, 3.05) is 7.11 Å². The number of hydrogen-bond donors (Lipinski definition) is 0. The third-order valence-corrected chi connectivity index (χ3v) is 2.10. The minimum atomic E-state index is -4.49. The van der Waals surface area contributed by atoms with Crippen molar-refractivity contribution in [1.82, 2.24) is 4.98 Å². The number of aromatic nitrogens is 1. The van der Waals surface area contributed by atoms with E-state index >= 15 is 0 Å². The van der Waals surface area contributed by atoms with E-state index in [1.54, 1.807) is 0 Å². The number of esters is 1. The monoisotopic (exact) mass is 263 g/mol. The highest BCUT2D eigenvalue weighted by Crippen LogP contribution is 2.31. The number of carbonyl (C=O) groups excluding carboxylic acids is 1. The van der Waals surface area contributed by atoms with E-state index in [0.717, 1.165) is 25.4 Å². The van der Waals surface area contributed by atoms with Gasteiger partial charge in [0.15, 0.2) is 0 Å². The molecule has 0 aromatic carbocycles. The van der Waals surface area contributed by atoms with Crippen LogP contribution in [0.15, 0.2) is 18.3 Å². The molecule has 0 aliphatic rings. The van der Waals surface area contributed by atoms with Crippen LogP contribution in [0.5, 0.6) is 5.88 Å². The molecule has 0 fully saturated rings. The molecule has 1 aromatic heterocycles. The normalized spacial score (nSPS) is 12.1. The van der Waals surface area contributed by atoms with Gasteiger partial charge in [-0.25, -0.2) is 9.78 Å². The second kappa shape index (κ2) is 4.83. The summed E-state index contributed by atoms with van der Waals surface area (Å²) in [5.74, 6) is -0.998. The van der Waals surface area contributed by atoms with E-state index in [-0.39, 0.29) is 5.88 Å². The minimum absolute atomic E-state index is 0.291. The molecule has 0 amide bonds. The summed E-state index contributed by atoms with van der Waals surface area (Å²) in [6.45, 7) is 2.75. The Morgan fingerprint density at radius 2 is 1.94 bits per heavy atom. The summed E-state index contributed by atoms with van der Waals surface area (Å²) < 4.78 is 46.9. The topological polar surface area (TPSA) is 48.4 Å². The SMILES string of the molecule is COC(=O)C(C)(C)Oc1cc(C(F)(F)F)ccn1. The van der Waals surface area contributed by atoms with Crippen molar-refractivity contribution in [3.05, 3.63) is 23.9 Å². The predicted octanol–water partition coefficient (Wildman–Crippen LogP) is 2.43. The summed E-state index contributed by atoms with van der Waals surface area (Å²) in [6, 6.07) is 1.54. The Hall–Kier alpha value is -1.79. The molecule has 7 heteroatoms. The fourth-order valence-corrected chi connectivity index (χ4v) is 1.19. The number of carbonyl (C=O) groups is 1. The summed E-state index contributed by atoms with van der Waals surface area (Å²) in [5.41, 5.74) is -2.31. The molecule has 0 aliphatic heterocycles. The standard InChI is InChI=1S/C11H12F3NO3/c1-10(2,9(16)17-3)18-8-6-7(4-5-15-8)11(12,13)14/h4-6H,1-3H3. The maximum atomic E-state index is 12.5. The maximum Gasteiger partial charge on any atom is 0.416 e. The number of nitrogens with zero attached hydrogens (tertiary/aromatic N) is 1. The van der Waals surface area contributed by atoms with Gasteiger partial charge in [-0.2, -0.15) is 13.2 Å². The van der Waals surface area contributed by atoms with Crippen molar-refractivity contribution in [2.45, 2.75) is 25.6 Å². The first-order chi connectivity index (χ1) is 8.16. The Morgan fingerprint density at radius 1 is 1.33 bits per heavy atom. The molecule has 0 N–H and O–H groups in total. The number of ether oxygens (including phenoxy) is 2. The second-order valence-corrected chi connectivity index (χ2v) is 3.98. The minimum Gasteiger partial charge on any atom is -0.466 e. The molecule has 0 saturated heterocycles. The highest BCUT2D eigenvalue weighted by Gasteiger charge is 2.34. The molecule has 18 heavy (non-hydrogen) atoms. The highest BCUT2D eigenvalue weighted by molar-refractivity contribution is 5.78. The molecule has 1 heterocycles. The first kappa shape index (κ1) is 14.3. The van der Waals surface area contributed by atoms with Crippen LogP contribution < -0.4 is 4.74 Å². The summed E-state index contributed by atoms with van der Waals surface area (Å²) in [4.78, 5) is 14.9. The Kier molecular flexibility index (Phi) is 3.83. The van der Waals surface area contributed by atoms with Gasteiger partial charge in [0.25, 0.3) is 0 Å². The number of alkyl halides is 3. The predicted molar refractivity (Wildman–Crippen MR) is 56.0 cm³/mol. The Bertz CT molecular complexity index is 443. The summed E-state index contributed by atoms with van der Waals surface area (Å²) >= 11 is 0. The van der Waals surface area contributed by atoms with Crippen LogP contribution in [-0.4, -0.2) is 23.7 Å². The van der Waals surface area contributed by atoms with Gasteiger partial charge in [-0.05, 0) is 19.9 Å². The van der Waals surface area contributed by atoms with E-state index in [0.29, 0.717) is 0 Å². The molecule has 100 valence electrons.